The average Bonchev–Trinajstić information content (AvgIpc) is 3.04. The first-order valence-corrected chi connectivity index (χ1v) is 9.68. The maximum Gasteiger partial charge on any atom is 0.0461 e. The number of aromatic nitrogens is 1. The maximum atomic E-state index is 3.74. The smallest absolute Gasteiger partial charge is 0.0461 e. The van der Waals surface area contributed by atoms with Gasteiger partial charge in [-0.1, -0.05) is 55.0 Å². The molecule has 2 aromatic carbocycles. The zero-order valence-corrected chi connectivity index (χ0v) is 16.0. The molecule has 1 aliphatic rings. The molecule has 0 aliphatic heterocycles. The molecular weight excluding hydrogens is 316 g/mol. The fourth-order valence-electron chi connectivity index (χ4n) is 4.35. The lowest BCUT2D eigenvalue weighted by Crippen LogP contribution is -2.19. The van der Waals surface area contributed by atoms with Crippen LogP contribution in [-0.2, 0) is 0 Å². The van der Waals surface area contributed by atoms with Crippen LogP contribution in [-0.4, -0.2) is 18.6 Å². The Bertz CT molecular complexity index is 934. The largest absolute Gasteiger partial charge is 0.355 e. The van der Waals surface area contributed by atoms with E-state index < -0.39 is 0 Å². The van der Waals surface area contributed by atoms with Gasteiger partial charge < -0.3 is 10.3 Å². The zero-order chi connectivity index (χ0) is 18.1. The van der Waals surface area contributed by atoms with Gasteiger partial charge in [0.25, 0.3) is 0 Å². The number of aromatic amines is 1. The van der Waals surface area contributed by atoms with Crippen molar-refractivity contribution in [2.45, 2.75) is 38.5 Å². The molecule has 2 nitrogen and oxygen atoms in total. The molecule has 0 saturated heterocycles. The van der Waals surface area contributed by atoms with Crippen molar-refractivity contribution < 1.29 is 0 Å². The summed E-state index contributed by atoms with van der Waals surface area (Å²) in [7, 11) is 2.05. The van der Waals surface area contributed by atoms with Crippen LogP contribution in [0.3, 0.4) is 0 Å². The second kappa shape index (κ2) is 7.13. The summed E-state index contributed by atoms with van der Waals surface area (Å²) in [5.41, 5.74) is 8.35. The van der Waals surface area contributed by atoms with E-state index in [1.54, 1.807) is 0 Å². The van der Waals surface area contributed by atoms with Crippen molar-refractivity contribution in [1.82, 2.24) is 10.3 Å². The Balaban J connectivity index is 1.74. The molecule has 0 radical (unpaired) electrons. The zero-order valence-electron chi connectivity index (χ0n) is 16.0. The minimum Gasteiger partial charge on any atom is -0.355 e. The van der Waals surface area contributed by atoms with Crippen LogP contribution >= 0.6 is 0 Å². The number of aryl methyl sites for hydroxylation is 1. The lowest BCUT2D eigenvalue weighted by atomic mass is 9.81. The Morgan fingerprint density at radius 3 is 2.73 bits per heavy atom. The van der Waals surface area contributed by atoms with E-state index >= 15 is 0 Å². The van der Waals surface area contributed by atoms with E-state index in [0.717, 1.165) is 19.4 Å². The minimum atomic E-state index is 0.518. The standard InChI is InChI=1S/C24H28N2/c1-16-9-12-22-21(13-16)23-20(15-25-3)11-10-19(24(23)26-22)14-17(2)18-7-5-4-6-8-18/h4-10,12-13,17,20,25-26H,11,14-15H2,1-3H3. The number of H-pyrrole nitrogens is 1. The summed E-state index contributed by atoms with van der Waals surface area (Å²) in [6, 6.07) is 17.6. The van der Waals surface area contributed by atoms with Crippen molar-refractivity contribution in [1.29, 1.82) is 0 Å². The topological polar surface area (TPSA) is 27.8 Å². The third-order valence-electron chi connectivity index (χ3n) is 5.72. The van der Waals surface area contributed by atoms with E-state index in [9.17, 15) is 0 Å². The van der Waals surface area contributed by atoms with E-state index in [-0.39, 0.29) is 0 Å². The highest BCUT2D eigenvalue weighted by Gasteiger charge is 2.26. The van der Waals surface area contributed by atoms with Gasteiger partial charge in [-0.3, -0.25) is 0 Å². The maximum absolute atomic E-state index is 3.74. The average molecular weight is 345 g/mol. The van der Waals surface area contributed by atoms with Crippen LogP contribution in [0, 0.1) is 6.92 Å². The summed E-state index contributed by atoms with van der Waals surface area (Å²) in [5, 5.41) is 4.79. The molecule has 0 saturated carbocycles. The summed E-state index contributed by atoms with van der Waals surface area (Å²) in [5.74, 6) is 1.06. The van der Waals surface area contributed by atoms with Gasteiger partial charge in [0, 0.05) is 29.1 Å². The molecule has 0 spiro atoms. The van der Waals surface area contributed by atoms with Crippen LogP contribution in [0.25, 0.3) is 16.5 Å². The number of nitrogens with one attached hydrogen (secondary N) is 2. The summed E-state index contributed by atoms with van der Waals surface area (Å²) < 4.78 is 0. The Hall–Kier alpha value is -2.32. The summed E-state index contributed by atoms with van der Waals surface area (Å²) in [6.45, 7) is 5.54. The van der Waals surface area contributed by atoms with Gasteiger partial charge in [-0.05, 0) is 61.6 Å². The van der Waals surface area contributed by atoms with Crippen molar-refractivity contribution in [2.75, 3.05) is 13.6 Å². The van der Waals surface area contributed by atoms with Gasteiger partial charge in [0.2, 0.25) is 0 Å². The van der Waals surface area contributed by atoms with E-state index in [2.05, 4.69) is 85.8 Å². The highest BCUT2D eigenvalue weighted by Crippen LogP contribution is 2.42. The van der Waals surface area contributed by atoms with Crippen molar-refractivity contribution in [3.63, 3.8) is 0 Å². The van der Waals surface area contributed by atoms with Crippen molar-refractivity contribution in [3.05, 3.63) is 77.0 Å². The molecule has 1 aromatic heterocycles. The second-order valence-corrected chi connectivity index (χ2v) is 7.70. The van der Waals surface area contributed by atoms with Gasteiger partial charge in [0.05, 0.1) is 0 Å². The van der Waals surface area contributed by atoms with Gasteiger partial charge >= 0.3 is 0 Å². The molecule has 1 heterocycles. The number of fused-ring (bicyclic) bond motifs is 3. The molecular formula is C24H28N2. The molecule has 4 rings (SSSR count). The predicted molar refractivity (Wildman–Crippen MR) is 112 cm³/mol. The molecule has 2 heteroatoms. The van der Waals surface area contributed by atoms with E-state index in [1.807, 2.05) is 0 Å². The fourth-order valence-corrected chi connectivity index (χ4v) is 4.35. The van der Waals surface area contributed by atoms with Gasteiger partial charge in [0.1, 0.15) is 0 Å². The normalized spacial score (nSPS) is 17.8. The lowest BCUT2D eigenvalue weighted by Gasteiger charge is -2.25. The number of rotatable bonds is 5. The SMILES string of the molecule is CNCC1CC=C(CC(C)c2ccccc2)c2[nH]c3ccc(C)cc3c21. The number of benzene rings is 2. The Morgan fingerprint density at radius 1 is 1.15 bits per heavy atom. The first-order valence-electron chi connectivity index (χ1n) is 9.68. The van der Waals surface area contributed by atoms with E-state index in [0.29, 0.717) is 11.8 Å². The predicted octanol–water partition coefficient (Wildman–Crippen LogP) is 5.76. The van der Waals surface area contributed by atoms with Gasteiger partial charge in [0.15, 0.2) is 0 Å². The van der Waals surface area contributed by atoms with Crippen molar-refractivity contribution in [2.24, 2.45) is 0 Å². The van der Waals surface area contributed by atoms with E-state index in [1.165, 1.54) is 38.9 Å². The molecule has 2 N–H and O–H groups in total. The molecule has 0 fully saturated rings. The lowest BCUT2D eigenvalue weighted by molar-refractivity contribution is 0.629. The summed E-state index contributed by atoms with van der Waals surface area (Å²) >= 11 is 0. The van der Waals surface area contributed by atoms with Crippen LogP contribution in [0.5, 0.6) is 0 Å². The third-order valence-corrected chi connectivity index (χ3v) is 5.72. The molecule has 2 unspecified atom stereocenters. The third kappa shape index (κ3) is 3.10. The first-order chi connectivity index (χ1) is 12.7. The van der Waals surface area contributed by atoms with Crippen LogP contribution in [0.1, 0.15) is 54.0 Å². The van der Waals surface area contributed by atoms with E-state index in [4.69, 9.17) is 0 Å². The summed E-state index contributed by atoms with van der Waals surface area (Å²) in [6.07, 6.45) is 4.66. The van der Waals surface area contributed by atoms with Crippen LogP contribution < -0.4 is 5.32 Å². The number of likely N-dealkylation sites (N-methyl/N-ethyl adjacent to an activating group) is 1. The molecule has 0 bridgehead atoms. The quantitative estimate of drug-likeness (QED) is 0.605. The van der Waals surface area contributed by atoms with Crippen molar-refractivity contribution >= 4 is 16.5 Å². The van der Waals surface area contributed by atoms with Gasteiger partial charge in [-0.15, -0.1) is 0 Å². The monoisotopic (exact) mass is 344 g/mol. The molecule has 3 aromatic rings. The molecule has 2 atom stereocenters. The van der Waals surface area contributed by atoms with Gasteiger partial charge in [-0.2, -0.15) is 0 Å². The number of allylic oxidation sites excluding steroid dienone is 2. The summed E-state index contributed by atoms with van der Waals surface area (Å²) in [4.78, 5) is 3.74. The molecule has 1 aliphatic carbocycles. The molecule has 0 amide bonds. The van der Waals surface area contributed by atoms with Gasteiger partial charge in [-0.25, -0.2) is 0 Å². The highest BCUT2D eigenvalue weighted by atomic mass is 14.8. The highest BCUT2D eigenvalue weighted by molar-refractivity contribution is 5.91. The fraction of sp³-hybridized carbons (Fsp3) is 0.333. The van der Waals surface area contributed by atoms with Crippen LogP contribution in [0.4, 0.5) is 0 Å². The number of hydrogen-bond acceptors (Lipinski definition) is 1. The molecule has 26 heavy (non-hydrogen) atoms. The Labute approximate surface area is 156 Å². The second-order valence-electron chi connectivity index (χ2n) is 7.70. The minimum absolute atomic E-state index is 0.518. The Morgan fingerprint density at radius 2 is 1.96 bits per heavy atom. The van der Waals surface area contributed by atoms with Crippen LogP contribution in [0.15, 0.2) is 54.6 Å². The molecule has 134 valence electrons. The van der Waals surface area contributed by atoms with Crippen molar-refractivity contribution in [3.8, 4) is 0 Å². The first kappa shape index (κ1) is 17.1. The van der Waals surface area contributed by atoms with Crippen LogP contribution in [0.2, 0.25) is 0 Å². The number of hydrogen-bond donors (Lipinski definition) is 2. The Kier molecular flexibility index (Phi) is 4.69.